The Morgan fingerprint density at radius 3 is 2.75 bits per heavy atom. The molecule has 0 bridgehead atoms. The lowest BCUT2D eigenvalue weighted by molar-refractivity contribution is 0.0947. The number of hydrogen-bond donors (Lipinski definition) is 1. The van der Waals surface area contributed by atoms with E-state index in [9.17, 15) is 9.18 Å². The fourth-order valence-corrected chi connectivity index (χ4v) is 2.18. The van der Waals surface area contributed by atoms with Gasteiger partial charge in [0.05, 0.1) is 12.7 Å². The summed E-state index contributed by atoms with van der Waals surface area (Å²) in [4.78, 5) is 11.9. The Morgan fingerprint density at radius 1 is 1.30 bits per heavy atom. The topological polar surface area (TPSA) is 38.3 Å². The van der Waals surface area contributed by atoms with E-state index in [0.29, 0.717) is 12.3 Å². The van der Waals surface area contributed by atoms with Crippen molar-refractivity contribution in [1.82, 2.24) is 5.32 Å². The summed E-state index contributed by atoms with van der Waals surface area (Å²) >= 11 is 3.35. The first-order valence-electron chi connectivity index (χ1n) is 5.96. The van der Waals surface area contributed by atoms with Gasteiger partial charge in [0, 0.05) is 17.1 Å². The van der Waals surface area contributed by atoms with Crippen LogP contribution in [0.15, 0.2) is 46.9 Å². The zero-order chi connectivity index (χ0) is 14.5. The lowest BCUT2D eigenvalue weighted by Crippen LogP contribution is -2.23. The summed E-state index contributed by atoms with van der Waals surface area (Å²) in [7, 11) is 1.45. The minimum atomic E-state index is -0.601. The molecule has 0 aliphatic carbocycles. The number of ether oxygens (including phenoxy) is 1. The average molecular weight is 338 g/mol. The van der Waals surface area contributed by atoms with E-state index in [2.05, 4.69) is 21.2 Å². The van der Waals surface area contributed by atoms with Crippen LogP contribution in [0, 0.1) is 5.82 Å². The number of carbonyl (C=O) groups excluding carboxylic acids is 1. The van der Waals surface area contributed by atoms with Gasteiger partial charge in [-0.25, -0.2) is 4.39 Å². The SMILES string of the molecule is COc1ccc(C(=O)NCc2cccc(Br)c2)c(F)c1. The fraction of sp³-hybridized carbons (Fsp3) is 0.133. The number of methoxy groups -OCH3 is 1. The standard InChI is InChI=1S/C15H13BrFNO2/c1-20-12-5-6-13(14(17)8-12)15(19)18-9-10-3-2-4-11(16)7-10/h2-8H,9H2,1H3,(H,18,19). The third-order valence-electron chi connectivity index (χ3n) is 2.76. The van der Waals surface area contributed by atoms with Crippen LogP contribution in [0.3, 0.4) is 0 Å². The maximum atomic E-state index is 13.7. The van der Waals surface area contributed by atoms with E-state index in [1.807, 2.05) is 24.3 Å². The predicted octanol–water partition coefficient (Wildman–Crippen LogP) is 3.53. The van der Waals surface area contributed by atoms with E-state index in [1.54, 1.807) is 6.07 Å². The Hall–Kier alpha value is -1.88. The number of rotatable bonds is 4. The Bertz CT molecular complexity index is 631. The van der Waals surface area contributed by atoms with Gasteiger partial charge in [-0.2, -0.15) is 0 Å². The predicted molar refractivity (Wildman–Crippen MR) is 78.3 cm³/mol. The van der Waals surface area contributed by atoms with Crippen molar-refractivity contribution in [2.45, 2.75) is 6.54 Å². The fourth-order valence-electron chi connectivity index (χ4n) is 1.73. The van der Waals surface area contributed by atoms with Gasteiger partial charge in [-0.3, -0.25) is 4.79 Å². The number of carbonyl (C=O) groups is 1. The molecule has 2 rings (SSSR count). The molecule has 2 aromatic carbocycles. The first kappa shape index (κ1) is 14.5. The van der Waals surface area contributed by atoms with Gasteiger partial charge < -0.3 is 10.1 Å². The molecule has 0 atom stereocenters. The third-order valence-corrected chi connectivity index (χ3v) is 3.26. The summed E-state index contributed by atoms with van der Waals surface area (Å²) in [5.41, 5.74) is 0.933. The highest BCUT2D eigenvalue weighted by molar-refractivity contribution is 9.10. The van der Waals surface area contributed by atoms with Crippen molar-refractivity contribution in [3.05, 3.63) is 63.9 Å². The molecule has 0 aromatic heterocycles. The molecule has 5 heteroatoms. The Morgan fingerprint density at radius 2 is 2.10 bits per heavy atom. The molecule has 0 unspecified atom stereocenters. The molecule has 0 saturated heterocycles. The Kier molecular flexibility index (Phi) is 4.74. The summed E-state index contributed by atoms with van der Waals surface area (Å²) in [6, 6.07) is 11.7. The molecule has 3 nitrogen and oxygen atoms in total. The number of nitrogens with one attached hydrogen (secondary N) is 1. The second-order valence-electron chi connectivity index (χ2n) is 4.16. The maximum absolute atomic E-state index is 13.7. The van der Waals surface area contributed by atoms with Gasteiger partial charge in [-0.05, 0) is 29.8 Å². The van der Waals surface area contributed by atoms with Crippen LogP contribution in [0.5, 0.6) is 5.75 Å². The van der Waals surface area contributed by atoms with Gasteiger partial charge >= 0.3 is 0 Å². The van der Waals surface area contributed by atoms with Crippen LogP contribution in [0.1, 0.15) is 15.9 Å². The first-order valence-corrected chi connectivity index (χ1v) is 6.75. The lowest BCUT2D eigenvalue weighted by Gasteiger charge is -2.08. The zero-order valence-corrected chi connectivity index (χ0v) is 12.4. The van der Waals surface area contributed by atoms with Gasteiger partial charge in [0.2, 0.25) is 0 Å². The summed E-state index contributed by atoms with van der Waals surface area (Å²) in [5.74, 6) is -0.674. The summed E-state index contributed by atoms with van der Waals surface area (Å²) in [6.45, 7) is 0.337. The molecule has 0 aliphatic rings. The minimum absolute atomic E-state index is 0.000738. The number of amides is 1. The smallest absolute Gasteiger partial charge is 0.254 e. The van der Waals surface area contributed by atoms with Crippen molar-refractivity contribution < 1.29 is 13.9 Å². The molecule has 20 heavy (non-hydrogen) atoms. The summed E-state index contributed by atoms with van der Waals surface area (Å²) in [5, 5.41) is 2.68. The second-order valence-corrected chi connectivity index (χ2v) is 5.07. The number of halogens is 2. The van der Waals surface area contributed by atoms with Gasteiger partial charge in [0.15, 0.2) is 0 Å². The Labute approximate surface area is 124 Å². The van der Waals surface area contributed by atoms with E-state index in [-0.39, 0.29) is 5.56 Å². The molecule has 1 N–H and O–H groups in total. The number of hydrogen-bond acceptors (Lipinski definition) is 2. The first-order chi connectivity index (χ1) is 9.60. The van der Waals surface area contributed by atoms with Crippen molar-refractivity contribution >= 4 is 21.8 Å². The van der Waals surface area contributed by atoms with Crippen molar-refractivity contribution in [3.63, 3.8) is 0 Å². The van der Waals surface area contributed by atoms with E-state index >= 15 is 0 Å². The lowest BCUT2D eigenvalue weighted by atomic mass is 10.1. The highest BCUT2D eigenvalue weighted by atomic mass is 79.9. The van der Waals surface area contributed by atoms with Crippen LogP contribution in [0.2, 0.25) is 0 Å². The quantitative estimate of drug-likeness (QED) is 0.926. The number of benzene rings is 2. The molecule has 0 heterocycles. The molecule has 0 spiro atoms. The van der Waals surface area contributed by atoms with E-state index in [1.165, 1.54) is 19.2 Å². The molecule has 0 fully saturated rings. The third kappa shape index (κ3) is 3.57. The molecule has 1 amide bonds. The molecule has 0 aliphatic heterocycles. The highest BCUT2D eigenvalue weighted by Gasteiger charge is 2.12. The molecule has 0 saturated carbocycles. The largest absolute Gasteiger partial charge is 0.497 e. The molecule has 2 aromatic rings. The van der Waals surface area contributed by atoms with Crippen molar-refractivity contribution in [1.29, 1.82) is 0 Å². The van der Waals surface area contributed by atoms with E-state index in [0.717, 1.165) is 10.0 Å². The molecular formula is C15H13BrFNO2. The van der Waals surface area contributed by atoms with Crippen LogP contribution < -0.4 is 10.1 Å². The van der Waals surface area contributed by atoms with Crippen molar-refractivity contribution in [3.8, 4) is 5.75 Å². The van der Waals surface area contributed by atoms with Gasteiger partial charge in [0.1, 0.15) is 11.6 Å². The molecule has 0 radical (unpaired) electrons. The zero-order valence-electron chi connectivity index (χ0n) is 10.8. The minimum Gasteiger partial charge on any atom is -0.497 e. The monoisotopic (exact) mass is 337 g/mol. The summed E-state index contributed by atoms with van der Waals surface area (Å²) in [6.07, 6.45) is 0. The molecular weight excluding hydrogens is 325 g/mol. The van der Waals surface area contributed by atoms with Crippen LogP contribution in [-0.4, -0.2) is 13.0 Å². The second kappa shape index (κ2) is 6.52. The van der Waals surface area contributed by atoms with Gasteiger partial charge in [0.25, 0.3) is 5.91 Å². The average Bonchev–Trinajstić information content (AvgIpc) is 2.44. The van der Waals surface area contributed by atoms with Gasteiger partial charge in [-0.1, -0.05) is 28.1 Å². The van der Waals surface area contributed by atoms with Gasteiger partial charge in [-0.15, -0.1) is 0 Å². The summed E-state index contributed by atoms with van der Waals surface area (Å²) < 4.78 is 19.6. The van der Waals surface area contributed by atoms with E-state index < -0.39 is 11.7 Å². The highest BCUT2D eigenvalue weighted by Crippen LogP contribution is 2.16. The normalized spacial score (nSPS) is 10.2. The van der Waals surface area contributed by atoms with Crippen LogP contribution >= 0.6 is 15.9 Å². The molecule has 104 valence electrons. The van der Waals surface area contributed by atoms with Crippen LogP contribution in [0.25, 0.3) is 0 Å². The Balaban J connectivity index is 2.05. The van der Waals surface area contributed by atoms with Crippen LogP contribution in [-0.2, 0) is 6.54 Å². The van der Waals surface area contributed by atoms with Crippen molar-refractivity contribution in [2.24, 2.45) is 0 Å². The van der Waals surface area contributed by atoms with E-state index in [4.69, 9.17) is 4.74 Å². The van der Waals surface area contributed by atoms with Crippen molar-refractivity contribution in [2.75, 3.05) is 7.11 Å². The van der Waals surface area contributed by atoms with Crippen LogP contribution in [0.4, 0.5) is 4.39 Å². The maximum Gasteiger partial charge on any atom is 0.254 e.